The Hall–Kier alpha value is -0.970. The monoisotopic (exact) mass is 238 g/mol. The fraction of sp³-hybridized carbons (Fsp3) is 0.538. The summed E-state index contributed by atoms with van der Waals surface area (Å²) >= 11 is 0. The van der Waals surface area contributed by atoms with E-state index in [2.05, 4.69) is 4.90 Å². The number of rotatable bonds is 3. The summed E-state index contributed by atoms with van der Waals surface area (Å²) in [6.45, 7) is 2.44. The number of hydrogen-bond donors (Lipinski definition) is 2. The highest BCUT2D eigenvalue weighted by atomic mass is 19.1. The van der Waals surface area contributed by atoms with Crippen molar-refractivity contribution in [1.82, 2.24) is 4.90 Å². The summed E-state index contributed by atoms with van der Waals surface area (Å²) in [5.41, 5.74) is 5.53. The molecule has 0 amide bonds. The first kappa shape index (κ1) is 12.5. The van der Waals surface area contributed by atoms with E-state index in [1.54, 1.807) is 12.1 Å². The van der Waals surface area contributed by atoms with Crippen LogP contribution >= 0.6 is 0 Å². The Balaban J connectivity index is 1.93. The Morgan fingerprint density at radius 3 is 2.53 bits per heavy atom. The van der Waals surface area contributed by atoms with Gasteiger partial charge in [0.1, 0.15) is 5.82 Å². The molecule has 1 fully saturated rings. The van der Waals surface area contributed by atoms with Crippen LogP contribution in [0.15, 0.2) is 24.3 Å². The first-order chi connectivity index (χ1) is 8.13. The van der Waals surface area contributed by atoms with Crippen molar-refractivity contribution >= 4 is 0 Å². The van der Waals surface area contributed by atoms with Crippen molar-refractivity contribution in [1.29, 1.82) is 0 Å². The van der Waals surface area contributed by atoms with E-state index >= 15 is 0 Å². The topological polar surface area (TPSA) is 49.5 Å². The average molecular weight is 238 g/mol. The van der Waals surface area contributed by atoms with Gasteiger partial charge in [-0.05, 0) is 18.9 Å². The van der Waals surface area contributed by atoms with Crippen molar-refractivity contribution in [2.24, 2.45) is 5.73 Å². The number of aliphatic hydroxyl groups is 1. The normalized spacial score (nSPS) is 20.4. The van der Waals surface area contributed by atoms with E-state index < -0.39 is 5.60 Å². The molecular weight excluding hydrogens is 219 g/mol. The first-order valence-corrected chi connectivity index (χ1v) is 6.01. The predicted molar refractivity (Wildman–Crippen MR) is 64.9 cm³/mol. The van der Waals surface area contributed by atoms with Gasteiger partial charge in [0.05, 0.1) is 5.60 Å². The van der Waals surface area contributed by atoms with Crippen molar-refractivity contribution in [3.8, 4) is 0 Å². The Morgan fingerprint density at radius 2 is 1.94 bits per heavy atom. The first-order valence-electron chi connectivity index (χ1n) is 6.01. The molecule has 0 spiro atoms. The van der Waals surface area contributed by atoms with E-state index in [1.807, 2.05) is 6.07 Å². The summed E-state index contributed by atoms with van der Waals surface area (Å²) in [7, 11) is 0. The highest BCUT2D eigenvalue weighted by Crippen LogP contribution is 2.22. The third kappa shape index (κ3) is 3.03. The second kappa shape index (κ2) is 5.12. The molecular formula is C13H19FN2O. The molecule has 1 aromatic rings. The van der Waals surface area contributed by atoms with Gasteiger partial charge in [0.25, 0.3) is 0 Å². The molecule has 0 aliphatic carbocycles. The maximum atomic E-state index is 13.5. The second-order valence-electron chi connectivity index (χ2n) is 4.80. The summed E-state index contributed by atoms with van der Waals surface area (Å²) in [5, 5.41) is 9.99. The van der Waals surface area contributed by atoms with E-state index in [0.29, 0.717) is 31.5 Å². The number of hydrogen-bond acceptors (Lipinski definition) is 3. The minimum absolute atomic E-state index is 0.160. The van der Waals surface area contributed by atoms with Crippen LogP contribution in [-0.4, -0.2) is 35.2 Å². The molecule has 0 atom stereocenters. The molecule has 0 bridgehead atoms. The van der Waals surface area contributed by atoms with Gasteiger partial charge in [-0.3, -0.25) is 4.90 Å². The van der Waals surface area contributed by atoms with Gasteiger partial charge in [-0.25, -0.2) is 4.39 Å². The van der Waals surface area contributed by atoms with E-state index in [-0.39, 0.29) is 5.82 Å². The summed E-state index contributed by atoms with van der Waals surface area (Å²) in [4.78, 5) is 2.16. The van der Waals surface area contributed by atoms with Crippen molar-refractivity contribution < 1.29 is 9.50 Å². The highest BCUT2D eigenvalue weighted by molar-refractivity contribution is 5.17. The third-order valence-corrected chi connectivity index (χ3v) is 3.52. The molecule has 1 saturated heterocycles. The van der Waals surface area contributed by atoms with Gasteiger partial charge in [0.2, 0.25) is 0 Å². The standard InChI is InChI=1S/C13H19FN2O/c14-12-4-2-1-3-11(12)9-16-7-5-13(17,10-15)6-8-16/h1-4,17H,5-10,15H2. The molecule has 3 nitrogen and oxygen atoms in total. The van der Waals surface area contributed by atoms with E-state index in [9.17, 15) is 9.50 Å². The largest absolute Gasteiger partial charge is 0.388 e. The fourth-order valence-electron chi connectivity index (χ4n) is 2.20. The average Bonchev–Trinajstić information content (AvgIpc) is 2.35. The quantitative estimate of drug-likeness (QED) is 0.829. The number of likely N-dealkylation sites (tertiary alicyclic amines) is 1. The summed E-state index contributed by atoms with van der Waals surface area (Å²) in [6.07, 6.45) is 1.33. The Kier molecular flexibility index (Phi) is 3.76. The third-order valence-electron chi connectivity index (χ3n) is 3.52. The molecule has 1 aliphatic heterocycles. The van der Waals surface area contributed by atoms with Crippen LogP contribution in [0.3, 0.4) is 0 Å². The van der Waals surface area contributed by atoms with Crippen LogP contribution in [0.4, 0.5) is 4.39 Å². The molecule has 1 aromatic carbocycles. The predicted octanol–water partition coefficient (Wildman–Crippen LogP) is 1.11. The molecule has 3 N–H and O–H groups in total. The minimum atomic E-state index is -0.717. The lowest BCUT2D eigenvalue weighted by Crippen LogP contribution is -2.48. The molecule has 1 heterocycles. The van der Waals surface area contributed by atoms with Crippen LogP contribution in [-0.2, 0) is 6.54 Å². The van der Waals surface area contributed by atoms with Gasteiger partial charge < -0.3 is 10.8 Å². The summed E-state index contributed by atoms with van der Waals surface area (Å²) in [5.74, 6) is -0.160. The lowest BCUT2D eigenvalue weighted by molar-refractivity contribution is -0.0155. The minimum Gasteiger partial charge on any atom is -0.388 e. The molecule has 0 radical (unpaired) electrons. The van der Waals surface area contributed by atoms with Crippen LogP contribution in [0.1, 0.15) is 18.4 Å². The van der Waals surface area contributed by atoms with Gasteiger partial charge in [0, 0.05) is 31.7 Å². The van der Waals surface area contributed by atoms with Crippen molar-refractivity contribution in [3.63, 3.8) is 0 Å². The maximum absolute atomic E-state index is 13.5. The summed E-state index contributed by atoms with van der Waals surface area (Å²) < 4.78 is 13.5. The molecule has 0 saturated carbocycles. The van der Waals surface area contributed by atoms with Crippen LogP contribution in [0.25, 0.3) is 0 Å². The molecule has 0 unspecified atom stereocenters. The van der Waals surface area contributed by atoms with Gasteiger partial charge in [0.15, 0.2) is 0 Å². The van der Waals surface area contributed by atoms with Crippen LogP contribution in [0.5, 0.6) is 0 Å². The Bertz CT molecular complexity index is 375. The second-order valence-corrected chi connectivity index (χ2v) is 4.80. The number of nitrogens with two attached hydrogens (primary N) is 1. The number of halogens is 1. The van der Waals surface area contributed by atoms with E-state index in [4.69, 9.17) is 5.73 Å². The van der Waals surface area contributed by atoms with Gasteiger partial charge >= 0.3 is 0 Å². The number of nitrogens with zero attached hydrogens (tertiary/aromatic N) is 1. The van der Waals surface area contributed by atoms with Crippen LogP contribution in [0, 0.1) is 5.82 Å². The molecule has 17 heavy (non-hydrogen) atoms. The lowest BCUT2D eigenvalue weighted by Gasteiger charge is -2.37. The molecule has 4 heteroatoms. The van der Waals surface area contributed by atoms with Gasteiger partial charge in [-0.2, -0.15) is 0 Å². The molecule has 1 aliphatic rings. The number of piperidine rings is 1. The van der Waals surface area contributed by atoms with Crippen LogP contribution < -0.4 is 5.73 Å². The zero-order valence-electron chi connectivity index (χ0n) is 9.90. The molecule has 2 rings (SSSR count). The molecule has 94 valence electrons. The van der Waals surface area contributed by atoms with Gasteiger partial charge in [-0.15, -0.1) is 0 Å². The van der Waals surface area contributed by atoms with E-state index in [1.165, 1.54) is 6.07 Å². The lowest BCUT2D eigenvalue weighted by atomic mass is 9.91. The Morgan fingerprint density at radius 1 is 1.29 bits per heavy atom. The smallest absolute Gasteiger partial charge is 0.127 e. The maximum Gasteiger partial charge on any atom is 0.127 e. The van der Waals surface area contributed by atoms with Gasteiger partial charge in [-0.1, -0.05) is 18.2 Å². The SMILES string of the molecule is NCC1(O)CCN(Cc2ccccc2F)CC1. The van der Waals surface area contributed by atoms with Crippen molar-refractivity contribution in [2.45, 2.75) is 25.0 Å². The van der Waals surface area contributed by atoms with Crippen molar-refractivity contribution in [2.75, 3.05) is 19.6 Å². The van der Waals surface area contributed by atoms with E-state index in [0.717, 1.165) is 13.1 Å². The highest BCUT2D eigenvalue weighted by Gasteiger charge is 2.30. The molecule has 0 aromatic heterocycles. The summed E-state index contributed by atoms with van der Waals surface area (Å²) in [6, 6.07) is 6.83. The zero-order valence-corrected chi connectivity index (χ0v) is 9.90. The van der Waals surface area contributed by atoms with Crippen LogP contribution in [0.2, 0.25) is 0 Å². The van der Waals surface area contributed by atoms with Crippen molar-refractivity contribution in [3.05, 3.63) is 35.6 Å². The Labute approximate surface area is 101 Å². The number of benzene rings is 1. The fourth-order valence-corrected chi connectivity index (χ4v) is 2.20. The zero-order chi connectivity index (χ0) is 12.3.